The minimum Gasteiger partial charge on any atom is -0.207 e. The summed E-state index contributed by atoms with van der Waals surface area (Å²) in [4.78, 5) is 0.218. The second-order valence-corrected chi connectivity index (χ2v) is 7.35. The van der Waals surface area contributed by atoms with Gasteiger partial charge < -0.3 is 0 Å². The van der Waals surface area contributed by atoms with Crippen molar-refractivity contribution in [3.05, 3.63) is 63.1 Å². The monoisotopic (exact) mass is 373 g/mol. The van der Waals surface area contributed by atoms with Crippen molar-refractivity contribution in [2.45, 2.75) is 18.4 Å². The average molecular weight is 375 g/mol. The SMILES string of the molecule is Cc1ccc(S(=O)(=O)NCc2ccccc2Cl)c(Br)c1. The Morgan fingerprint density at radius 3 is 2.55 bits per heavy atom. The van der Waals surface area contributed by atoms with Gasteiger partial charge in [-0.3, -0.25) is 0 Å². The summed E-state index contributed by atoms with van der Waals surface area (Å²) in [6.07, 6.45) is 0. The minimum absolute atomic E-state index is 0.155. The summed E-state index contributed by atoms with van der Waals surface area (Å²) < 4.78 is 27.6. The van der Waals surface area contributed by atoms with Crippen LogP contribution in [0.2, 0.25) is 5.02 Å². The van der Waals surface area contributed by atoms with Crippen LogP contribution in [-0.4, -0.2) is 8.42 Å². The number of benzene rings is 2. The Hall–Kier alpha value is -0.880. The van der Waals surface area contributed by atoms with Gasteiger partial charge in [-0.1, -0.05) is 35.9 Å². The highest BCUT2D eigenvalue weighted by Gasteiger charge is 2.17. The first-order valence-electron chi connectivity index (χ1n) is 5.89. The molecule has 2 aromatic rings. The molecular formula is C14H13BrClNO2S. The quantitative estimate of drug-likeness (QED) is 0.882. The molecule has 2 aromatic carbocycles. The molecule has 0 aromatic heterocycles. The van der Waals surface area contributed by atoms with E-state index in [1.54, 1.807) is 36.4 Å². The number of aryl methyl sites for hydroxylation is 1. The van der Waals surface area contributed by atoms with Crippen LogP contribution in [0.5, 0.6) is 0 Å². The summed E-state index contributed by atoms with van der Waals surface area (Å²) in [5.41, 5.74) is 1.72. The topological polar surface area (TPSA) is 46.2 Å². The number of rotatable bonds is 4. The number of hydrogen-bond donors (Lipinski definition) is 1. The molecule has 0 aliphatic rings. The standard InChI is InChI=1S/C14H13BrClNO2S/c1-10-6-7-14(12(15)8-10)20(18,19)17-9-11-4-2-3-5-13(11)16/h2-8,17H,9H2,1H3. The summed E-state index contributed by atoms with van der Waals surface area (Å²) >= 11 is 9.29. The van der Waals surface area contributed by atoms with Crippen molar-refractivity contribution in [1.29, 1.82) is 0 Å². The molecule has 0 aliphatic carbocycles. The van der Waals surface area contributed by atoms with E-state index < -0.39 is 10.0 Å². The third-order valence-electron chi connectivity index (χ3n) is 2.79. The Morgan fingerprint density at radius 1 is 1.20 bits per heavy atom. The average Bonchev–Trinajstić information content (AvgIpc) is 2.37. The zero-order chi connectivity index (χ0) is 14.8. The van der Waals surface area contributed by atoms with E-state index in [1.165, 1.54) is 0 Å². The molecule has 0 amide bonds. The second-order valence-electron chi connectivity index (χ2n) is 4.35. The molecule has 20 heavy (non-hydrogen) atoms. The summed E-state index contributed by atoms with van der Waals surface area (Å²) in [7, 11) is -3.58. The van der Waals surface area contributed by atoms with Crippen LogP contribution < -0.4 is 4.72 Å². The van der Waals surface area contributed by atoms with Gasteiger partial charge in [0.1, 0.15) is 0 Å². The predicted molar refractivity (Wildman–Crippen MR) is 84.4 cm³/mol. The lowest BCUT2D eigenvalue weighted by Crippen LogP contribution is -2.23. The van der Waals surface area contributed by atoms with Crippen LogP contribution in [0.4, 0.5) is 0 Å². The molecule has 0 spiro atoms. The van der Waals surface area contributed by atoms with E-state index in [-0.39, 0.29) is 11.4 Å². The Labute approximate surface area is 132 Å². The maximum absolute atomic E-state index is 12.3. The largest absolute Gasteiger partial charge is 0.241 e. The fourth-order valence-electron chi connectivity index (χ4n) is 1.72. The van der Waals surface area contributed by atoms with Gasteiger partial charge in [0, 0.05) is 16.0 Å². The van der Waals surface area contributed by atoms with Crippen molar-refractivity contribution < 1.29 is 8.42 Å². The zero-order valence-electron chi connectivity index (χ0n) is 10.7. The number of halogens is 2. The predicted octanol–water partition coefficient (Wildman–Crippen LogP) is 3.89. The van der Waals surface area contributed by atoms with Crippen molar-refractivity contribution in [2.75, 3.05) is 0 Å². The van der Waals surface area contributed by atoms with E-state index in [0.29, 0.717) is 9.50 Å². The van der Waals surface area contributed by atoms with Gasteiger partial charge in [-0.2, -0.15) is 0 Å². The normalized spacial score (nSPS) is 11.6. The number of nitrogens with one attached hydrogen (secondary N) is 1. The van der Waals surface area contributed by atoms with Crippen molar-refractivity contribution in [1.82, 2.24) is 4.72 Å². The second kappa shape index (κ2) is 6.26. The van der Waals surface area contributed by atoms with E-state index in [4.69, 9.17) is 11.6 Å². The molecule has 0 aliphatic heterocycles. The molecule has 1 N–H and O–H groups in total. The van der Waals surface area contributed by atoms with Gasteiger partial charge in [0.15, 0.2) is 0 Å². The Bertz CT molecular complexity index is 732. The number of sulfonamides is 1. The van der Waals surface area contributed by atoms with Crippen molar-refractivity contribution in [3.8, 4) is 0 Å². The van der Waals surface area contributed by atoms with Gasteiger partial charge >= 0.3 is 0 Å². The molecule has 2 rings (SSSR count). The fraction of sp³-hybridized carbons (Fsp3) is 0.143. The molecule has 0 saturated heterocycles. The zero-order valence-corrected chi connectivity index (χ0v) is 13.9. The molecule has 0 atom stereocenters. The molecule has 0 bridgehead atoms. The Morgan fingerprint density at radius 2 is 1.90 bits per heavy atom. The first-order chi connectivity index (χ1) is 9.40. The molecular weight excluding hydrogens is 362 g/mol. The first kappa shape index (κ1) is 15.5. The number of hydrogen-bond acceptors (Lipinski definition) is 2. The van der Waals surface area contributed by atoms with Gasteiger partial charge in [-0.05, 0) is 52.2 Å². The lowest BCUT2D eigenvalue weighted by atomic mass is 10.2. The van der Waals surface area contributed by atoms with Gasteiger partial charge in [0.05, 0.1) is 4.90 Å². The van der Waals surface area contributed by atoms with Crippen LogP contribution in [0.25, 0.3) is 0 Å². The molecule has 0 radical (unpaired) electrons. The molecule has 106 valence electrons. The lowest BCUT2D eigenvalue weighted by Gasteiger charge is -2.10. The molecule has 3 nitrogen and oxygen atoms in total. The molecule has 0 fully saturated rings. The highest BCUT2D eigenvalue weighted by Crippen LogP contribution is 2.23. The van der Waals surface area contributed by atoms with Crippen LogP contribution in [-0.2, 0) is 16.6 Å². The smallest absolute Gasteiger partial charge is 0.207 e. The Balaban J connectivity index is 2.22. The molecule has 0 unspecified atom stereocenters. The summed E-state index contributed by atoms with van der Waals surface area (Å²) in [5, 5.41) is 0.540. The third-order valence-corrected chi connectivity index (χ3v) is 5.53. The van der Waals surface area contributed by atoms with Gasteiger partial charge in [-0.15, -0.1) is 0 Å². The third kappa shape index (κ3) is 3.61. The molecule has 0 heterocycles. The van der Waals surface area contributed by atoms with E-state index in [1.807, 2.05) is 13.0 Å². The Kier molecular flexibility index (Phi) is 4.86. The van der Waals surface area contributed by atoms with E-state index in [0.717, 1.165) is 11.1 Å². The van der Waals surface area contributed by atoms with E-state index >= 15 is 0 Å². The van der Waals surface area contributed by atoms with E-state index in [9.17, 15) is 8.42 Å². The van der Waals surface area contributed by atoms with Crippen molar-refractivity contribution in [2.24, 2.45) is 0 Å². The van der Waals surface area contributed by atoms with Crippen LogP contribution in [0, 0.1) is 6.92 Å². The first-order valence-corrected chi connectivity index (χ1v) is 8.55. The van der Waals surface area contributed by atoms with Crippen LogP contribution in [0.1, 0.15) is 11.1 Å². The fourth-order valence-corrected chi connectivity index (χ4v) is 4.12. The highest BCUT2D eigenvalue weighted by atomic mass is 79.9. The van der Waals surface area contributed by atoms with Gasteiger partial charge in [0.2, 0.25) is 10.0 Å². The van der Waals surface area contributed by atoms with Crippen LogP contribution >= 0.6 is 27.5 Å². The van der Waals surface area contributed by atoms with Crippen molar-refractivity contribution in [3.63, 3.8) is 0 Å². The summed E-state index contributed by atoms with van der Waals surface area (Å²) in [6.45, 7) is 2.06. The maximum atomic E-state index is 12.3. The molecule has 6 heteroatoms. The van der Waals surface area contributed by atoms with E-state index in [2.05, 4.69) is 20.7 Å². The summed E-state index contributed by atoms with van der Waals surface area (Å²) in [6, 6.07) is 12.2. The minimum atomic E-state index is -3.58. The van der Waals surface area contributed by atoms with Crippen LogP contribution in [0.3, 0.4) is 0 Å². The lowest BCUT2D eigenvalue weighted by molar-refractivity contribution is 0.581. The summed E-state index contributed by atoms with van der Waals surface area (Å²) in [5.74, 6) is 0. The van der Waals surface area contributed by atoms with Crippen LogP contribution in [0.15, 0.2) is 51.8 Å². The van der Waals surface area contributed by atoms with Crippen molar-refractivity contribution >= 4 is 37.6 Å². The maximum Gasteiger partial charge on any atom is 0.241 e. The van der Waals surface area contributed by atoms with Gasteiger partial charge in [-0.25, -0.2) is 13.1 Å². The highest BCUT2D eigenvalue weighted by molar-refractivity contribution is 9.10. The molecule has 0 saturated carbocycles. The van der Waals surface area contributed by atoms with Gasteiger partial charge in [0.25, 0.3) is 0 Å².